The Balaban J connectivity index is 1.03. The average Bonchev–Trinajstić information content (AvgIpc) is 3.78. The second-order valence-electron chi connectivity index (χ2n) is 16.4. The van der Waals surface area contributed by atoms with Crippen LogP contribution in [0.15, 0.2) is 237 Å². The van der Waals surface area contributed by atoms with Crippen LogP contribution in [0.5, 0.6) is 0 Å². The van der Waals surface area contributed by atoms with Gasteiger partial charge in [-0.3, -0.25) is 0 Å². The second-order valence-corrected chi connectivity index (χ2v) is 28.8. The quantitative estimate of drug-likeness (QED) is 0.0863. The first kappa shape index (κ1) is 40.3. The van der Waals surface area contributed by atoms with E-state index in [0.29, 0.717) is 0 Å². The molecule has 0 amide bonds. The normalized spacial score (nSPS) is 12.1. The summed E-state index contributed by atoms with van der Waals surface area (Å²) in [6, 6.07) is 83.8. The van der Waals surface area contributed by atoms with Crippen molar-refractivity contribution in [1.29, 1.82) is 0 Å². The maximum atomic E-state index is 5.35. The Kier molecular flexibility index (Phi) is 10.1. The van der Waals surface area contributed by atoms with E-state index in [1.54, 1.807) is 0 Å². The Bertz CT molecular complexity index is 3790. The van der Waals surface area contributed by atoms with E-state index in [2.05, 4.69) is 271 Å². The van der Waals surface area contributed by atoms with E-state index >= 15 is 0 Å². The van der Waals surface area contributed by atoms with Gasteiger partial charge in [-0.1, -0.05) is 6.07 Å². The van der Waals surface area contributed by atoms with Crippen molar-refractivity contribution >= 4 is 122 Å². The summed E-state index contributed by atoms with van der Waals surface area (Å²) in [5, 5.41) is 13.7. The molecule has 3 heterocycles. The Morgan fingerprint density at radius 1 is 0.369 bits per heavy atom. The molecule has 7 heteroatoms. The van der Waals surface area contributed by atoms with Crippen molar-refractivity contribution in [2.24, 2.45) is 0 Å². The van der Waals surface area contributed by atoms with E-state index in [1.165, 1.54) is 58.9 Å². The van der Waals surface area contributed by atoms with Crippen LogP contribution >= 0.6 is 11.0 Å². The predicted molar refractivity (Wildman–Crippen MR) is 283 cm³/mol. The van der Waals surface area contributed by atoms with Crippen molar-refractivity contribution < 1.29 is 0 Å². The molecule has 65 heavy (non-hydrogen) atoms. The van der Waals surface area contributed by atoms with Gasteiger partial charge in [0.05, 0.1) is 0 Å². The van der Waals surface area contributed by atoms with Gasteiger partial charge >= 0.3 is 390 Å². The zero-order valence-electron chi connectivity index (χ0n) is 35.1. The summed E-state index contributed by atoms with van der Waals surface area (Å²) in [6.07, 6.45) is 2.08. The van der Waals surface area contributed by atoms with Crippen molar-refractivity contribution in [3.8, 4) is 22.4 Å². The summed E-state index contributed by atoms with van der Waals surface area (Å²) in [5.41, 5.74) is 4.27. The van der Waals surface area contributed by atoms with Crippen LogP contribution < -0.4 is 31.8 Å². The number of benzene rings is 9. The first-order chi connectivity index (χ1) is 32.0. The third-order valence-corrected chi connectivity index (χ3v) is 26.8. The maximum absolute atomic E-state index is 5.35. The standard InChI is InChI=1S/C58H39N3P2Se2/c64-62(42-17-5-1-6-18-42,43-19-7-2-8-20-43)46-31-35-53(59-39-46)41-29-32-50-49-26-14-16-28-52(49)58-60-54-34-30-40(37-56(54)61(58)55(50)38-41)47-33-36-57(51-27-15-13-25-48(47)51)63(65,44-21-9-3-10-22-44)45-23-11-4-12-24-45/h1-39H. The van der Waals surface area contributed by atoms with Crippen LogP contribution in [-0.4, -0.2) is 44.6 Å². The second kappa shape index (κ2) is 16.3. The first-order valence-corrected chi connectivity index (χ1v) is 29.7. The van der Waals surface area contributed by atoms with E-state index in [4.69, 9.17) is 9.97 Å². The van der Waals surface area contributed by atoms with E-state index in [9.17, 15) is 0 Å². The summed E-state index contributed by atoms with van der Waals surface area (Å²) in [4.78, 5) is 10.5. The summed E-state index contributed by atoms with van der Waals surface area (Å²) < 4.78 is 2.37. The molecule has 12 aromatic rings. The number of rotatable bonds is 8. The number of hydrogen-bond acceptors (Lipinski definition) is 2. The number of fused-ring (bicyclic) bond motifs is 9. The van der Waals surface area contributed by atoms with Crippen LogP contribution in [0, 0.1) is 0 Å². The monoisotopic (exact) mass is 999 g/mol. The molecular formula is C58H39N3P2Se2. The molecule has 0 aliphatic rings. The van der Waals surface area contributed by atoms with Crippen LogP contribution in [0.4, 0.5) is 0 Å². The minimum absolute atomic E-state index is 0.930. The molecule has 308 valence electrons. The van der Waals surface area contributed by atoms with E-state index in [0.717, 1.165) is 44.4 Å². The topological polar surface area (TPSA) is 30.2 Å². The van der Waals surface area contributed by atoms with Gasteiger partial charge in [0.2, 0.25) is 0 Å². The minimum atomic E-state index is -2.11. The molecule has 12 rings (SSSR count). The average molecular weight is 998 g/mol. The predicted octanol–water partition coefficient (Wildman–Crippen LogP) is 11.4. The molecule has 0 N–H and O–H groups in total. The third-order valence-electron chi connectivity index (χ3n) is 12.8. The van der Waals surface area contributed by atoms with E-state index in [1.807, 2.05) is 0 Å². The van der Waals surface area contributed by atoms with Crippen molar-refractivity contribution in [2.45, 2.75) is 0 Å². The molecule has 0 aliphatic carbocycles. The van der Waals surface area contributed by atoms with E-state index < -0.39 is 11.0 Å². The zero-order chi connectivity index (χ0) is 43.5. The molecular weight excluding hydrogens is 959 g/mol. The molecule has 0 saturated carbocycles. The van der Waals surface area contributed by atoms with Gasteiger partial charge in [0.1, 0.15) is 0 Å². The molecule has 3 aromatic heterocycles. The number of nitrogens with zero attached hydrogens (tertiary/aromatic N) is 3. The van der Waals surface area contributed by atoms with Gasteiger partial charge in [-0.05, 0) is 0 Å². The van der Waals surface area contributed by atoms with Gasteiger partial charge in [0.15, 0.2) is 0 Å². The summed E-state index contributed by atoms with van der Waals surface area (Å²) >= 11 is 7.48. The van der Waals surface area contributed by atoms with E-state index in [-0.39, 0.29) is 0 Å². The van der Waals surface area contributed by atoms with Gasteiger partial charge in [-0.15, -0.1) is 0 Å². The summed E-state index contributed by atoms with van der Waals surface area (Å²) in [7, 11) is 0. The number of pyridine rings is 2. The van der Waals surface area contributed by atoms with Crippen LogP contribution in [0.25, 0.3) is 71.5 Å². The van der Waals surface area contributed by atoms with Crippen molar-refractivity contribution in [2.75, 3.05) is 0 Å². The number of aromatic nitrogens is 3. The van der Waals surface area contributed by atoms with Crippen LogP contribution in [0.2, 0.25) is 0 Å². The van der Waals surface area contributed by atoms with Crippen molar-refractivity contribution in [3.05, 3.63) is 237 Å². The fraction of sp³-hybridized carbons (Fsp3) is 0. The third kappa shape index (κ3) is 6.62. The van der Waals surface area contributed by atoms with Crippen LogP contribution in [-0.2, 0) is 0 Å². The Morgan fingerprint density at radius 2 is 0.892 bits per heavy atom. The fourth-order valence-electron chi connectivity index (χ4n) is 9.66. The Hall–Kier alpha value is -6.24. The van der Waals surface area contributed by atoms with Crippen molar-refractivity contribution in [1.82, 2.24) is 14.4 Å². The number of hydrogen-bond donors (Lipinski definition) is 0. The van der Waals surface area contributed by atoms with Gasteiger partial charge < -0.3 is 0 Å². The van der Waals surface area contributed by atoms with Crippen LogP contribution in [0.3, 0.4) is 0 Å². The molecule has 0 aliphatic heterocycles. The van der Waals surface area contributed by atoms with Crippen LogP contribution in [0.1, 0.15) is 0 Å². The van der Waals surface area contributed by atoms with Gasteiger partial charge in [-0.25, -0.2) is 0 Å². The molecule has 0 fully saturated rings. The van der Waals surface area contributed by atoms with Gasteiger partial charge in [0.25, 0.3) is 0 Å². The molecule has 3 nitrogen and oxygen atoms in total. The molecule has 9 aromatic carbocycles. The zero-order valence-corrected chi connectivity index (χ0v) is 40.3. The SMILES string of the molecule is [Se]=P(c1ccccc1)(c1ccccc1)c1ccc(-c2ccc3c4ccccc4c4nc5ccc(-c6ccc(P(=[Se])(c7ccccc7)c7ccccc7)c7ccccc67)cc5n4c3c2)nc1. The summed E-state index contributed by atoms with van der Waals surface area (Å²) in [5.74, 6) is 0. The Labute approximate surface area is 392 Å². The molecule has 0 unspecified atom stereocenters. The molecule has 0 spiro atoms. The summed E-state index contributed by atoms with van der Waals surface area (Å²) in [6.45, 7) is 0. The van der Waals surface area contributed by atoms with Gasteiger partial charge in [0, 0.05) is 0 Å². The molecule has 0 bridgehead atoms. The van der Waals surface area contributed by atoms with Crippen molar-refractivity contribution in [3.63, 3.8) is 0 Å². The Morgan fingerprint density at radius 3 is 1.49 bits per heavy atom. The first-order valence-electron chi connectivity index (χ1n) is 21.7. The van der Waals surface area contributed by atoms with Gasteiger partial charge in [-0.2, -0.15) is 0 Å². The number of imidazole rings is 1. The fourth-order valence-corrected chi connectivity index (χ4v) is 19.8. The molecule has 0 atom stereocenters. The molecule has 0 saturated heterocycles. The molecule has 0 radical (unpaired) electrons.